The van der Waals surface area contributed by atoms with E-state index in [4.69, 9.17) is 0 Å². The Morgan fingerprint density at radius 3 is 1.87 bits per heavy atom. The molecule has 0 radical (unpaired) electrons. The molecule has 138 valence electrons. The van der Waals surface area contributed by atoms with Crippen LogP contribution in [0.15, 0.2) is 0 Å². The molecule has 0 rings (SSSR count). The molecule has 0 heterocycles. The van der Waals surface area contributed by atoms with Crippen LogP contribution < -0.4 is 0 Å². The molecule has 0 aliphatic heterocycles. The van der Waals surface area contributed by atoms with Gasteiger partial charge in [0.1, 0.15) is 0 Å². The van der Waals surface area contributed by atoms with Crippen molar-refractivity contribution in [3.63, 3.8) is 0 Å². The molecule has 0 unspecified atom stereocenters. The Morgan fingerprint density at radius 2 is 1.39 bits per heavy atom. The average Bonchev–Trinajstić information content (AvgIpc) is 2.45. The maximum absolute atomic E-state index is 13.1. The van der Waals surface area contributed by atoms with Crippen LogP contribution in [0, 0.1) is 0 Å². The van der Waals surface area contributed by atoms with Crippen molar-refractivity contribution in [1.29, 1.82) is 0 Å². The van der Waals surface area contributed by atoms with Crippen LogP contribution in [0.1, 0.15) is 45.4 Å². The summed E-state index contributed by atoms with van der Waals surface area (Å²) in [6.45, 7) is 1.27. The van der Waals surface area contributed by atoms with Crippen LogP contribution in [0.2, 0.25) is 0 Å². The molecular formula is C13H18F8O2. The molecule has 0 spiro atoms. The van der Waals surface area contributed by atoms with Crippen molar-refractivity contribution in [1.82, 2.24) is 0 Å². The largest absolute Gasteiger partial charge is 0.461 e. The molecule has 0 aromatic rings. The SMILES string of the molecule is CCCCCCCCOC(=O)C(F)(F)C(F)(F)C(F)(F)C(F)F. The first kappa shape index (κ1) is 21.9. The number of halogens is 8. The number of hydrogen-bond acceptors (Lipinski definition) is 2. The monoisotopic (exact) mass is 358 g/mol. The molecule has 23 heavy (non-hydrogen) atoms. The lowest BCUT2D eigenvalue weighted by molar-refractivity contribution is -0.332. The summed E-state index contributed by atoms with van der Waals surface area (Å²) in [7, 11) is 0. The van der Waals surface area contributed by atoms with Crippen molar-refractivity contribution < 1.29 is 44.7 Å². The fraction of sp³-hybridized carbons (Fsp3) is 0.923. The lowest BCUT2D eigenvalue weighted by Crippen LogP contribution is -2.61. The zero-order chi connectivity index (χ0) is 18.3. The van der Waals surface area contributed by atoms with Gasteiger partial charge in [0.05, 0.1) is 6.61 Å². The van der Waals surface area contributed by atoms with E-state index >= 15 is 0 Å². The summed E-state index contributed by atoms with van der Waals surface area (Å²) in [5.74, 6) is -21.9. The molecule has 0 aliphatic carbocycles. The third kappa shape index (κ3) is 5.20. The number of rotatable bonds is 11. The molecular weight excluding hydrogens is 340 g/mol. The number of alkyl halides is 8. The summed E-state index contributed by atoms with van der Waals surface area (Å²) in [6, 6.07) is 0. The molecule has 0 saturated heterocycles. The second-order valence-electron chi connectivity index (χ2n) is 4.98. The van der Waals surface area contributed by atoms with Gasteiger partial charge in [0.15, 0.2) is 0 Å². The predicted octanol–water partition coefficient (Wildman–Crippen LogP) is 5.06. The Morgan fingerprint density at radius 1 is 0.913 bits per heavy atom. The van der Waals surface area contributed by atoms with Gasteiger partial charge in [-0.1, -0.05) is 39.0 Å². The minimum absolute atomic E-state index is 0.0718. The van der Waals surface area contributed by atoms with E-state index in [0.717, 1.165) is 19.3 Å². The van der Waals surface area contributed by atoms with Crippen LogP contribution in [-0.2, 0) is 9.53 Å². The van der Waals surface area contributed by atoms with Gasteiger partial charge in [0.25, 0.3) is 0 Å². The van der Waals surface area contributed by atoms with E-state index in [-0.39, 0.29) is 6.42 Å². The summed E-state index contributed by atoms with van der Waals surface area (Å²) in [5.41, 5.74) is 0. The molecule has 0 fully saturated rings. The molecule has 0 aromatic heterocycles. The summed E-state index contributed by atoms with van der Waals surface area (Å²) in [4.78, 5) is 10.9. The standard InChI is InChI=1S/C13H18F8O2/c1-2-3-4-5-6-7-8-23-10(22)12(18,19)13(20,21)11(16,17)9(14)15/h9H,2-8H2,1H3. The molecule has 0 amide bonds. The normalized spacial score (nSPS) is 13.5. The van der Waals surface area contributed by atoms with Crippen LogP contribution in [0.25, 0.3) is 0 Å². The highest BCUT2D eigenvalue weighted by molar-refractivity contribution is 5.79. The number of esters is 1. The van der Waals surface area contributed by atoms with Crippen LogP contribution in [-0.4, -0.2) is 36.8 Å². The van der Waals surface area contributed by atoms with Crippen LogP contribution >= 0.6 is 0 Å². The van der Waals surface area contributed by atoms with Crippen LogP contribution in [0.3, 0.4) is 0 Å². The van der Waals surface area contributed by atoms with E-state index < -0.39 is 36.8 Å². The van der Waals surface area contributed by atoms with E-state index in [2.05, 4.69) is 4.74 Å². The van der Waals surface area contributed by atoms with Crippen LogP contribution in [0.5, 0.6) is 0 Å². The summed E-state index contributed by atoms with van der Waals surface area (Å²) in [5, 5.41) is 0. The highest BCUT2D eigenvalue weighted by atomic mass is 19.4. The van der Waals surface area contributed by atoms with Crippen molar-refractivity contribution in [2.75, 3.05) is 6.61 Å². The van der Waals surface area contributed by atoms with Gasteiger partial charge in [-0.3, -0.25) is 0 Å². The number of carbonyl (C=O) groups is 1. The molecule has 10 heteroatoms. The number of unbranched alkanes of at least 4 members (excludes halogenated alkanes) is 5. The highest BCUT2D eigenvalue weighted by Gasteiger charge is 2.79. The van der Waals surface area contributed by atoms with Gasteiger partial charge in [0.2, 0.25) is 0 Å². The second kappa shape index (κ2) is 8.68. The second-order valence-corrected chi connectivity index (χ2v) is 4.98. The Balaban J connectivity index is 4.55. The fourth-order valence-corrected chi connectivity index (χ4v) is 1.61. The smallest absolute Gasteiger partial charge is 0.410 e. The number of ether oxygens (including phenoxy) is 1. The average molecular weight is 358 g/mol. The van der Waals surface area contributed by atoms with Gasteiger partial charge in [-0.05, 0) is 6.42 Å². The van der Waals surface area contributed by atoms with E-state index in [9.17, 15) is 39.9 Å². The highest BCUT2D eigenvalue weighted by Crippen LogP contribution is 2.48. The predicted molar refractivity (Wildman–Crippen MR) is 65.2 cm³/mol. The Kier molecular flexibility index (Phi) is 8.26. The van der Waals surface area contributed by atoms with Gasteiger partial charge < -0.3 is 4.74 Å². The molecule has 0 bridgehead atoms. The van der Waals surface area contributed by atoms with Gasteiger partial charge in [-0.2, -0.15) is 26.3 Å². The lowest BCUT2D eigenvalue weighted by Gasteiger charge is -2.30. The third-order valence-electron chi connectivity index (χ3n) is 3.07. The molecule has 0 saturated carbocycles. The maximum atomic E-state index is 13.1. The maximum Gasteiger partial charge on any atom is 0.410 e. The van der Waals surface area contributed by atoms with Crippen molar-refractivity contribution in [2.24, 2.45) is 0 Å². The van der Waals surface area contributed by atoms with Crippen molar-refractivity contribution in [3.05, 3.63) is 0 Å². The zero-order valence-electron chi connectivity index (χ0n) is 12.4. The Labute approximate surface area is 128 Å². The third-order valence-corrected chi connectivity index (χ3v) is 3.07. The van der Waals surface area contributed by atoms with E-state index in [1.807, 2.05) is 6.92 Å². The quantitative estimate of drug-likeness (QED) is 0.293. The molecule has 0 atom stereocenters. The summed E-state index contributed by atoms with van der Waals surface area (Å²) in [6.07, 6.45) is -1.10. The van der Waals surface area contributed by atoms with Gasteiger partial charge in [-0.15, -0.1) is 0 Å². The van der Waals surface area contributed by atoms with E-state index in [0.29, 0.717) is 12.8 Å². The molecule has 0 aromatic carbocycles. The zero-order valence-corrected chi connectivity index (χ0v) is 12.4. The van der Waals surface area contributed by atoms with E-state index in [1.54, 1.807) is 0 Å². The van der Waals surface area contributed by atoms with Crippen molar-refractivity contribution >= 4 is 5.97 Å². The summed E-state index contributed by atoms with van der Waals surface area (Å²) < 4.78 is 105. The van der Waals surface area contributed by atoms with Crippen molar-refractivity contribution in [2.45, 2.75) is 69.6 Å². The first-order valence-electron chi connectivity index (χ1n) is 7.01. The minimum atomic E-state index is -6.56. The van der Waals surface area contributed by atoms with Gasteiger partial charge >= 0.3 is 30.2 Å². The lowest BCUT2D eigenvalue weighted by atomic mass is 10.1. The molecule has 0 N–H and O–H groups in total. The van der Waals surface area contributed by atoms with Crippen molar-refractivity contribution in [3.8, 4) is 0 Å². The van der Waals surface area contributed by atoms with Crippen LogP contribution in [0.4, 0.5) is 35.1 Å². The van der Waals surface area contributed by atoms with Gasteiger partial charge in [-0.25, -0.2) is 13.6 Å². The summed E-state index contributed by atoms with van der Waals surface area (Å²) >= 11 is 0. The Hall–Kier alpha value is -1.09. The van der Waals surface area contributed by atoms with E-state index in [1.165, 1.54) is 0 Å². The first-order chi connectivity index (χ1) is 10.4. The Bertz CT molecular complexity index is 371. The minimum Gasteiger partial charge on any atom is -0.461 e. The molecule has 0 aliphatic rings. The number of hydrogen-bond donors (Lipinski definition) is 0. The van der Waals surface area contributed by atoms with Gasteiger partial charge in [0, 0.05) is 0 Å². The fourth-order valence-electron chi connectivity index (χ4n) is 1.61. The first-order valence-corrected chi connectivity index (χ1v) is 7.01. The molecule has 2 nitrogen and oxygen atoms in total. The topological polar surface area (TPSA) is 26.3 Å². The number of carbonyl (C=O) groups excluding carboxylic acids is 1.